The summed E-state index contributed by atoms with van der Waals surface area (Å²) in [5.74, 6) is 0.628. The molecule has 0 heterocycles. The molecule has 0 saturated heterocycles. The summed E-state index contributed by atoms with van der Waals surface area (Å²) in [7, 11) is 1.92. The summed E-state index contributed by atoms with van der Waals surface area (Å²) in [6, 6.07) is 18.7. The van der Waals surface area contributed by atoms with Gasteiger partial charge in [0.15, 0.2) is 0 Å². The van der Waals surface area contributed by atoms with Crippen LogP contribution < -0.4 is 22.5 Å². The molecule has 4 heteroatoms. The van der Waals surface area contributed by atoms with E-state index in [-0.39, 0.29) is 18.2 Å². The molecule has 0 bridgehead atoms. The van der Waals surface area contributed by atoms with E-state index in [4.69, 9.17) is 4.74 Å². The summed E-state index contributed by atoms with van der Waals surface area (Å²) >= 11 is 0. The van der Waals surface area contributed by atoms with E-state index < -0.39 is 0 Å². The van der Waals surface area contributed by atoms with E-state index in [2.05, 4.69) is 23.5 Å². The molecule has 0 aliphatic rings. The van der Waals surface area contributed by atoms with Crippen LogP contribution in [0, 0.1) is 5.82 Å². The minimum Gasteiger partial charge on any atom is -1.00 e. The van der Waals surface area contributed by atoms with Gasteiger partial charge in [-0.25, -0.2) is 4.39 Å². The van der Waals surface area contributed by atoms with Crippen LogP contribution in [0.4, 0.5) is 4.39 Å². The Kier molecular flexibility index (Phi) is 5.97. The molecular weight excluding hydrogens is 313 g/mol. The van der Waals surface area contributed by atoms with Gasteiger partial charge in [-0.3, -0.25) is 0 Å². The zero-order chi connectivity index (χ0) is 15.4. The molecule has 2 nitrogen and oxygen atoms in total. The van der Waals surface area contributed by atoms with Crippen LogP contribution in [0.2, 0.25) is 0 Å². The summed E-state index contributed by atoms with van der Waals surface area (Å²) in [6.07, 6.45) is 0. The second-order valence-electron chi connectivity index (χ2n) is 5.21. The van der Waals surface area contributed by atoms with Crippen molar-refractivity contribution in [3.8, 4) is 5.75 Å². The molecule has 0 saturated carbocycles. The lowest BCUT2D eigenvalue weighted by Gasteiger charge is -2.14. The summed E-state index contributed by atoms with van der Waals surface area (Å²) in [5, 5.41) is 5.58. The maximum absolute atomic E-state index is 12.9. The second kappa shape index (κ2) is 7.95. The van der Waals surface area contributed by atoms with E-state index in [0.29, 0.717) is 6.61 Å². The molecule has 0 spiro atoms. The first-order valence-electron chi connectivity index (χ1n) is 7.30. The van der Waals surface area contributed by atoms with Crippen molar-refractivity contribution in [1.82, 2.24) is 5.32 Å². The lowest BCUT2D eigenvalue weighted by Crippen LogP contribution is -3.00. The number of hydrogen-bond acceptors (Lipinski definition) is 2. The van der Waals surface area contributed by atoms with E-state index >= 15 is 0 Å². The quantitative estimate of drug-likeness (QED) is 0.761. The number of rotatable bonds is 5. The third-order valence-corrected chi connectivity index (χ3v) is 3.66. The second-order valence-corrected chi connectivity index (χ2v) is 5.21. The normalized spacial score (nSPS) is 10.3. The summed E-state index contributed by atoms with van der Waals surface area (Å²) in [4.78, 5) is 0. The Morgan fingerprint density at radius 1 is 0.957 bits per heavy atom. The minimum atomic E-state index is -0.231. The SMILES string of the molecule is CNCc1c(OCc2ccc(F)cc2)ccc2ccccc12.[Cl-]. The number of fused-ring (bicyclic) bond motifs is 1. The highest BCUT2D eigenvalue weighted by Gasteiger charge is 2.08. The van der Waals surface area contributed by atoms with Crippen molar-refractivity contribution in [2.45, 2.75) is 13.2 Å². The fourth-order valence-electron chi connectivity index (χ4n) is 2.55. The van der Waals surface area contributed by atoms with E-state index in [0.717, 1.165) is 23.4 Å². The van der Waals surface area contributed by atoms with Crippen LogP contribution in [-0.4, -0.2) is 7.05 Å². The van der Waals surface area contributed by atoms with Gasteiger partial charge in [0.1, 0.15) is 18.2 Å². The molecule has 3 aromatic rings. The Morgan fingerprint density at radius 3 is 2.43 bits per heavy atom. The first-order chi connectivity index (χ1) is 10.8. The van der Waals surface area contributed by atoms with Crippen molar-refractivity contribution in [2.75, 3.05) is 7.05 Å². The van der Waals surface area contributed by atoms with Gasteiger partial charge in [0.05, 0.1) is 0 Å². The Morgan fingerprint density at radius 2 is 1.70 bits per heavy atom. The van der Waals surface area contributed by atoms with Gasteiger partial charge in [-0.15, -0.1) is 0 Å². The number of benzene rings is 3. The molecule has 3 rings (SSSR count). The van der Waals surface area contributed by atoms with Gasteiger partial charge in [-0.2, -0.15) is 0 Å². The highest BCUT2D eigenvalue weighted by molar-refractivity contribution is 5.87. The monoisotopic (exact) mass is 330 g/mol. The van der Waals surface area contributed by atoms with Crippen molar-refractivity contribution < 1.29 is 21.5 Å². The molecule has 0 amide bonds. The molecule has 23 heavy (non-hydrogen) atoms. The van der Waals surface area contributed by atoms with Crippen molar-refractivity contribution >= 4 is 10.8 Å². The molecule has 3 aromatic carbocycles. The molecule has 0 fully saturated rings. The molecule has 0 aromatic heterocycles. The smallest absolute Gasteiger partial charge is 0.124 e. The van der Waals surface area contributed by atoms with Crippen LogP contribution in [0.15, 0.2) is 60.7 Å². The Bertz CT molecular complexity index is 774. The largest absolute Gasteiger partial charge is 1.00 e. The van der Waals surface area contributed by atoms with Crippen LogP contribution >= 0.6 is 0 Å². The van der Waals surface area contributed by atoms with Gasteiger partial charge >= 0.3 is 0 Å². The predicted octanol–water partition coefficient (Wildman–Crippen LogP) is 1.28. The van der Waals surface area contributed by atoms with Gasteiger partial charge in [0.25, 0.3) is 0 Å². The van der Waals surface area contributed by atoms with Crippen LogP contribution in [0.25, 0.3) is 10.8 Å². The van der Waals surface area contributed by atoms with Crippen LogP contribution in [-0.2, 0) is 13.2 Å². The van der Waals surface area contributed by atoms with Gasteiger partial charge in [0.2, 0.25) is 0 Å². The molecule has 0 aliphatic heterocycles. The van der Waals surface area contributed by atoms with E-state index in [1.54, 1.807) is 12.1 Å². The highest BCUT2D eigenvalue weighted by atomic mass is 35.5. The molecule has 1 N–H and O–H groups in total. The standard InChI is InChI=1S/C19H18FNO.ClH/c1-21-12-18-17-5-3-2-4-15(17)8-11-19(18)22-13-14-6-9-16(20)10-7-14;/h2-11,21H,12-13H2,1H3;1H/p-1. The van der Waals surface area contributed by atoms with Crippen molar-refractivity contribution in [2.24, 2.45) is 0 Å². The summed E-state index contributed by atoms with van der Waals surface area (Å²) in [6.45, 7) is 1.16. The fraction of sp³-hybridized carbons (Fsp3) is 0.158. The average Bonchev–Trinajstić information content (AvgIpc) is 2.56. The van der Waals surface area contributed by atoms with Crippen molar-refractivity contribution in [3.63, 3.8) is 0 Å². The molecular formula is C19H18ClFNO-. The van der Waals surface area contributed by atoms with Crippen LogP contribution in [0.1, 0.15) is 11.1 Å². The first kappa shape index (κ1) is 17.3. The molecule has 120 valence electrons. The van der Waals surface area contributed by atoms with Crippen LogP contribution in [0.3, 0.4) is 0 Å². The molecule has 0 aliphatic carbocycles. The first-order valence-corrected chi connectivity index (χ1v) is 7.30. The van der Waals surface area contributed by atoms with Gasteiger partial charge in [0, 0.05) is 12.1 Å². The molecule has 0 unspecified atom stereocenters. The predicted molar refractivity (Wildman–Crippen MR) is 87.4 cm³/mol. The third kappa shape index (κ3) is 4.01. The Labute approximate surface area is 141 Å². The van der Waals surface area contributed by atoms with Crippen molar-refractivity contribution in [3.05, 3.63) is 77.6 Å². The van der Waals surface area contributed by atoms with Crippen LogP contribution in [0.5, 0.6) is 5.75 Å². The average molecular weight is 331 g/mol. The third-order valence-electron chi connectivity index (χ3n) is 3.66. The number of hydrogen-bond donors (Lipinski definition) is 1. The summed E-state index contributed by atoms with van der Waals surface area (Å²) < 4.78 is 18.9. The number of ether oxygens (including phenoxy) is 1. The Hall–Kier alpha value is -2.10. The topological polar surface area (TPSA) is 21.3 Å². The van der Waals surface area contributed by atoms with Crippen molar-refractivity contribution in [1.29, 1.82) is 0 Å². The minimum absolute atomic E-state index is 0. The van der Waals surface area contributed by atoms with E-state index in [9.17, 15) is 4.39 Å². The number of halogens is 2. The maximum Gasteiger partial charge on any atom is 0.124 e. The van der Waals surface area contributed by atoms with Gasteiger partial charge in [-0.1, -0.05) is 42.5 Å². The highest BCUT2D eigenvalue weighted by Crippen LogP contribution is 2.28. The zero-order valence-electron chi connectivity index (χ0n) is 12.9. The van der Waals surface area contributed by atoms with Gasteiger partial charge in [-0.05, 0) is 41.6 Å². The van der Waals surface area contributed by atoms with E-state index in [1.807, 2.05) is 25.2 Å². The lowest BCUT2D eigenvalue weighted by atomic mass is 10.0. The zero-order valence-corrected chi connectivity index (χ0v) is 13.6. The lowest BCUT2D eigenvalue weighted by molar-refractivity contribution is -0.00000536. The molecule has 0 radical (unpaired) electrons. The summed E-state index contributed by atoms with van der Waals surface area (Å²) in [5.41, 5.74) is 2.09. The maximum atomic E-state index is 12.9. The molecule has 0 atom stereocenters. The number of nitrogens with one attached hydrogen (secondary N) is 1. The van der Waals surface area contributed by atoms with E-state index in [1.165, 1.54) is 22.9 Å². The fourth-order valence-corrected chi connectivity index (χ4v) is 2.55. The van der Waals surface area contributed by atoms with Gasteiger partial charge < -0.3 is 22.5 Å². The Balaban J connectivity index is 0.00000192.